The first-order valence-electron chi connectivity index (χ1n) is 9.71. The number of hydrogen-bond acceptors (Lipinski definition) is 3. The van der Waals surface area contributed by atoms with Gasteiger partial charge in [0, 0.05) is 25.4 Å². The monoisotopic (exact) mass is 378 g/mol. The number of amides is 2. The molecule has 2 amide bonds. The Morgan fingerprint density at radius 2 is 1.65 bits per heavy atom. The van der Waals surface area contributed by atoms with Crippen LogP contribution < -0.4 is 5.32 Å². The summed E-state index contributed by atoms with van der Waals surface area (Å²) in [6.07, 6.45) is 9.91. The predicted molar refractivity (Wildman–Crippen MR) is 104 cm³/mol. The Morgan fingerprint density at radius 1 is 1.04 bits per heavy atom. The van der Waals surface area contributed by atoms with E-state index in [1.807, 2.05) is 29.2 Å². The molecule has 0 spiro atoms. The fourth-order valence-electron chi connectivity index (χ4n) is 3.77. The summed E-state index contributed by atoms with van der Waals surface area (Å²) >= 11 is 0. The number of sulfone groups is 1. The lowest BCUT2D eigenvalue weighted by atomic mass is 9.89. The fraction of sp³-hybridized carbons (Fsp3) is 0.650. The maximum atomic E-state index is 12.7. The van der Waals surface area contributed by atoms with Crippen molar-refractivity contribution in [1.82, 2.24) is 10.2 Å². The summed E-state index contributed by atoms with van der Waals surface area (Å²) < 4.78 is 22.7. The molecular formula is C20H30N2O3S. The molecule has 0 aliphatic heterocycles. The van der Waals surface area contributed by atoms with Crippen molar-refractivity contribution >= 4 is 15.9 Å². The van der Waals surface area contributed by atoms with Crippen LogP contribution in [0, 0.1) is 5.92 Å². The molecule has 0 saturated heterocycles. The zero-order chi connectivity index (χ0) is 18.6. The first kappa shape index (κ1) is 19.2. The van der Waals surface area contributed by atoms with Crippen LogP contribution in [-0.4, -0.2) is 38.2 Å². The molecule has 5 nitrogen and oxygen atoms in total. The third-order valence-electron chi connectivity index (χ3n) is 5.32. The van der Waals surface area contributed by atoms with Gasteiger partial charge in [-0.3, -0.25) is 0 Å². The molecule has 0 radical (unpaired) electrons. The Balaban J connectivity index is 1.51. The van der Waals surface area contributed by atoms with E-state index >= 15 is 0 Å². The first-order chi connectivity index (χ1) is 12.4. The zero-order valence-electron chi connectivity index (χ0n) is 15.6. The van der Waals surface area contributed by atoms with E-state index in [0.717, 1.165) is 30.5 Å². The van der Waals surface area contributed by atoms with Crippen LogP contribution in [0.5, 0.6) is 0 Å². The number of rotatable bonds is 7. The first-order valence-corrected chi connectivity index (χ1v) is 11.8. The van der Waals surface area contributed by atoms with Crippen molar-refractivity contribution in [3.05, 3.63) is 35.4 Å². The normalized spacial score (nSPS) is 18.5. The summed E-state index contributed by atoms with van der Waals surface area (Å²) in [6.45, 7) is 1.37. The number of nitrogens with one attached hydrogen (secondary N) is 1. The average Bonchev–Trinajstić information content (AvgIpc) is 3.43. The van der Waals surface area contributed by atoms with Gasteiger partial charge >= 0.3 is 6.03 Å². The van der Waals surface area contributed by atoms with E-state index < -0.39 is 9.84 Å². The molecular weight excluding hydrogens is 348 g/mol. The second-order valence-electron chi connectivity index (χ2n) is 7.93. The van der Waals surface area contributed by atoms with E-state index in [2.05, 4.69) is 5.32 Å². The summed E-state index contributed by atoms with van der Waals surface area (Å²) in [5.74, 6) is 0.710. The second-order valence-corrected chi connectivity index (χ2v) is 10.1. The van der Waals surface area contributed by atoms with Crippen molar-refractivity contribution in [1.29, 1.82) is 0 Å². The molecule has 0 unspecified atom stereocenters. The van der Waals surface area contributed by atoms with E-state index in [-0.39, 0.29) is 11.8 Å². The van der Waals surface area contributed by atoms with Crippen LogP contribution in [-0.2, 0) is 22.1 Å². The molecule has 0 bridgehead atoms. The molecule has 144 valence electrons. The number of nitrogens with zero attached hydrogens (tertiary/aromatic N) is 1. The van der Waals surface area contributed by atoms with Gasteiger partial charge in [0.15, 0.2) is 9.84 Å². The molecule has 2 saturated carbocycles. The smallest absolute Gasteiger partial charge is 0.317 e. The van der Waals surface area contributed by atoms with E-state index in [4.69, 9.17) is 0 Å². The Labute approximate surface area is 157 Å². The van der Waals surface area contributed by atoms with Crippen molar-refractivity contribution in [3.8, 4) is 0 Å². The van der Waals surface area contributed by atoms with Crippen molar-refractivity contribution in [2.24, 2.45) is 5.92 Å². The number of benzene rings is 1. The molecule has 2 fully saturated rings. The summed E-state index contributed by atoms with van der Waals surface area (Å²) in [6, 6.07) is 7.89. The lowest BCUT2D eigenvalue weighted by Gasteiger charge is -2.30. The van der Waals surface area contributed by atoms with Gasteiger partial charge in [-0.2, -0.15) is 0 Å². The SMILES string of the molecule is CS(=O)(=O)Cc1ccc(CNC(=O)N(CC2CCCCC2)C2CC2)cc1. The Kier molecular flexibility index (Phi) is 6.22. The Bertz CT molecular complexity index is 705. The van der Waals surface area contributed by atoms with Gasteiger partial charge in [0.1, 0.15) is 0 Å². The van der Waals surface area contributed by atoms with Crippen molar-refractivity contribution in [2.45, 2.75) is 63.3 Å². The minimum Gasteiger partial charge on any atom is -0.334 e. The third-order valence-corrected chi connectivity index (χ3v) is 6.18. The molecule has 0 atom stereocenters. The topological polar surface area (TPSA) is 66.5 Å². The molecule has 26 heavy (non-hydrogen) atoms. The van der Waals surface area contributed by atoms with Crippen molar-refractivity contribution in [3.63, 3.8) is 0 Å². The third kappa shape index (κ3) is 6.01. The quantitative estimate of drug-likeness (QED) is 0.790. The van der Waals surface area contributed by atoms with Gasteiger partial charge in [-0.1, -0.05) is 43.5 Å². The van der Waals surface area contributed by atoms with Gasteiger partial charge in [0.05, 0.1) is 5.75 Å². The average molecular weight is 379 g/mol. The number of urea groups is 1. The number of carbonyl (C=O) groups excluding carboxylic acids is 1. The molecule has 1 N–H and O–H groups in total. The summed E-state index contributed by atoms with van der Waals surface area (Å²) in [5.41, 5.74) is 1.77. The molecule has 0 aromatic heterocycles. The van der Waals surface area contributed by atoms with Gasteiger partial charge in [0.2, 0.25) is 0 Å². The molecule has 0 heterocycles. The van der Waals surface area contributed by atoms with E-state index in [1.165, 1.54) is 38.4 Å². The van der Waals surface area contributed by atoms with Crippen LogP contribution >= 0.6 is 0 Å². The highest BCUT2D eigenvalue weighted by molar-refractivity contribution is 7.89. The zero-order valence-corrected chi connectivity index (χ0v) is 16.4. The van der Waals surface area contributed by atoms with Crippen molar-refractivity contribution in [2.75, 3.05) is 12.8 Å². The van der Waals surface area contributed by atoms with Gasteiger partial charge in [-0.25, -0.2) is 13.2 Å². The highest BCUT2D eigenvalue weighted by Crippen LogP contribution is 2.31. The molecule has 2 aliphatic rings. The molecule has 1 aromatic rings. The standard InChI is InChI=1S/C20H30N2O3S/c1-26(24,25)15-18-9-7-16(8-10-18)13-21-20(23)22(19-11-12-19)14-17-5-3-2-4-6-17/h7-10,17,19H,2-6,11-15H2,1H3,(H,21,23). The maximum absolute atomic E-state index is 12.7. The van der Waals surface area contributed by atoms with Gasteiger partial charge in [-0.15, -0.1) is 0 Å². The van der Waals surface area contributed by atoms with Crippen LogP contribution in [0.2, 0.25) is 0 Å². The second kappa shape index (κ2) is 8.42. The Hall–Kier alpha value is -1.56. The largest absolute Gasteiger partial charge is 0.334 e. The van der Waals surface area contributed by atoms with Gasteiger partial charge < -0.3 is 10.2 Å². The summed E-state index contributed by atoms with van der Waals surface area (Å²) in [4.78, 5) is 14.7. The van der Waals surface area contributed by atoms with E-state index in [9.17, 15) is 13.2 Å². The summed E-state index contributed by atoms with van der Waals surface area (Å²) in [5, 5.41) is 3.05. The molecule has 1 aromatic carbocycles. The highest BCUT2D eigenvalue weighted by Gasteiger charge is 2.34. The van der Waals surface area contributed by atoms with Gasteiger partial charge in [-0.05, 0) is 42.7 Å². The maximum Gasteiger partial charge on any atom is 0.317 e. The summed E-state index contributed by atoms with van der Waals surface area (Å²) in [7, 11) is -3.02. The predicted octanol–water partition coefficient (Wildman–Crippen LogP) is 3.49. The van der Waals surface area contributed by atoms with Crippen LogP contribution in [0.25, 0.3) is 0 Å². The van der Waals surface area contributed by atoms with Crippen molar-refractivity contribution < 1.29 is 13.2 Å². The lowest BCUT2D eigenvalue weighted by Crippen LogP contribution is -2.43. The molecule has 3 rings (SSSR count). The number of carbonyl (C=O) groups is 1. The van der Waals surface area contributed by atoms with Crippen LogP contribution in [0.1, 0.15) is 56.1 Å². The minimum atomic E-state index is -3.02. The highest BCUT2D eigenvalue weighted by atomic mass is 32.2. The van der Waals surface area contributed by atoms with Crippen LogP contribution in [0.4, 0.5) is 4.79 Å². The van der Waals surface area contributed by atoms with E-state index in [1.54, 1.807) is 0 Å². The van der Waals surface area contributed by atoms with Crippen LogP contribution in [0.15, 0.2) is 24.3 Å². The van der Waals surface area contributed by atoms with E-state index in [0.29, 0.717) is 18.5 Å². The minimum absolute atomic E-state index is 0.0401. The van der Waals surface area contributed by atoms with Crippen LogP contribution in [0.3, 0.4) is 0 Å². The Morgan fingerprint density at radius 3 is 2.23 bits per heavy atom. The number of hydrogen-bond donors (Lipinski definition) is 1. The lowest BCUT2D eigenvalue weighted by molar-refractivity contribution is 0.174. The van der Waals surface area contributed by atoms with Gasteiger partial charge in [0.25, 0.3) is 0 Å². The molecule has 2 aliphatic carbocycles. The molecule has 6 heteroatoms. The fourth-order valence-corrected chi connectivity index (χ4v) is 4.57.